The van der Waals surface area contributed by atoms with E-state index in [1.807, 2.05) is 67.8 Å². The van der Waals surface area contributed by atoms with Gasteiger partial charge in [0.2, 0.25) is 5.91 Å². The number of hydrogen-bond donors (Lipinski definition) is 1. The maximum absolute atomic E-state index is 13.5. The molecule has 0 saturated heterocycles. The van der Waals surface area contributed by atoms with Gasteiger partial charge in [-0.25, -0.2) is 4.79 Å². The summed E-state index contributed by atoms with van der Waals surface area (Å²) in [5.41, 5.74) is 2.56. The number of halogens is 1. The van der Waals surface area contributed by atoms with E-state index in [0.29, 0.717) is 50.0 Å². The molecule has 0 unspecified atom stereocenters. The van der Waals surface area contributed by atoms with Gasteiger partial charge in [-0.15, -0.1) is 11.3 Å². The summed E-state index contributed by atoms with van der Waals surface area (Å²) >= 11 is 7.84. The fraction of sp³-hybridized carbons (Fsp3) is 0.333. The van der Waals surface area contributed by atoms with Crippen molar-refractivity contribution in [2.24, 2.45) is 0 Å². The Bertz CT molecular complexity index is 1080. The Morgan fingerprint density at radius 3 is 2.51 bits per heavy atom. The third-order valence-electron chi connectivity index (χ3n) is 5.45. The Kier molecular flexibility index (Phi) is 10.6. The number of nitrogens with one attached hydrogen (secondary N) is 1. The molecule has 3 rings (SSSR count). The minimum atomic E-state index is -0.342. The third kappa shape index (κ3) is 8.69. The highest BCUT2D eigenvalue weighted by molar-refractivity contribution is 7.09. The lowest BCUT2D eigenvalue weighted by molar-refractivity contribution is -0.133. The largest absolute Gasteiger partial charge is 0.382 e. The second-order valence-electron chi connectivity index (χ2n) is 8.18. The zero-order valence-electron chi connectivity index (χ0n) is 20.2. The highest BCUT2D eigenvalue weighted by Crippen LogP contribution is 2.20. The predicted octanol–water partition coefficient (Wildman–Crippen LogP) is 6.20. The average Bonchev–Trinajstić information content (AvgIpc) is 3.36. The van der Waals surface area contributed by atoms with E-state index in [0.717, 1.165) is 16.0 Å². The number of ether oxygens (including phenoxy) is 1. The smallest absolute Gasteiger partial charge is 0.322 e. The summed E-state index contributed by atoms with van der Waals surface area (Å²) in [5.74, 6) is -0.115. The van der Waals surface area contributed by atoms with E-state index in [-0.39, 0.29) is 18.5 Å². The van der Waals surface area contributed by atoms with Gasteiger partial charge in [0.1, 0.15) is 6.54 Å². The summed E-state index contributed by atoms with van der Waals surface area (Å²) in [6, 6.07) is 18.9. The summed E-state index contributed by atoms with van der Waals surface area (Å²) in [4.78, 5) is 31.1. The van der Waals surface area contributed by atoms with E-state index in [1.165, 1.54) is 0 Å². The highest BCUT2D eigenvalue weighted by Gasteiger charge is 2.22. The van der Waals surface area contributed by atoms with E-state index >= 15 is 0 Å². The SMILES string of the molecule is CCOCCCN(CC(=O)N(Cc1ccccc1)Cc1cccs1)C(=O)Nc1ccc(C)c(Cl)c1. The van der Waals surface area contributed by atoms with Crippen molar-refractivity contribution in [1.82, 2.24) is 9.80 Å². The van der Waals surface area contributed by atoms with Crippen LogP contribution >= 0.6 is 22.9 Å². The lowest BCUT2D eigenvalue weighted by Crippen LogP contribution is -2.44. The molecule has 0 bridgehead atoms. The van der Waals surface area contributed by atoms with Gasteiger partial charge in [-0.05, 0) is 55.0 Å². The fourth-order valence-corrected chi connectivity index (χ4v) is 4.42. The molecule has 2 aromatic carbocycles. The van der Waals surface area contributed by atoms with Crippen LogP contribution in [0.15, 0.2) is 66.0 Å². The first-order chi connectivity index (χ1) is 17.0. The first-order valence-electron chi connectivity index (χ1n) is 11.7. The standard InChI is InChI=1S/C27H32ClN3O3S/c1-3-34-15-8-14-30(27(33)29-23-13-12-21(2)25(28)17-23)20-26(32)31(19-24-11-7-16-35-24)18-22-9-5-4-6-10-22/h4-7,9-13,16-17H,3,8,14-15,18-20H2,1-2H3,(H,29,33). The van der Waals surface area contributed by atoms with Crippen LogP contribution < -0.4 is 5.32 Å². The minimum Gasteiger partial charge on any atom is -0.382 e. The number of aryl methyl sites for hydroxylation is 1. The van der Waals surface area contributed by atoms with E-state index in [1.54, 1.807) is 33.3 Å². The molecule has 0 fully saturated rings. The number of rotatable bonds is 12. The molecule has 0 atom stereocenters. The van der Waals surface area contributed by atoms with Gasteiger partial charge in [-0.1, -0.05) is 54.1 Å². The van der Waals surface area contributed by atoms with E-state index in [2.05, 4.69) is 5.32 Å². The molecule has 3 aromatic rings. The van der Waals surface area contributed by atoms with Crippen LogP contribution in [-0.2, 0) is 22.6 Å². The van der Waals surface area contributed by atoms with Gasteiger partial charge in [0.05, 0.1) is 6.54 Å². The topological polar surface area (TPSA) is 61.9 Å². The summed E-state index contributed by atoms with van der Waals surface area (Å²) in [6.45, 7) is 6.30. The van der Waals surface area contributed by atoms with Crippen LogP contribution in [0.2, 0.25) is 5.02 Å². The highest BCUT2D eigenvalue weighted by atomic mass is 35.5. The van der Waals surface area contributed by atoms with Gasteiger partial charge >= 0.3 is 6.03 Å². The van der Waals surface area contributed by atoms with Crippen molar-refractivity contribution >= 4 is 40.6 Å². The van der Waals surface area contributed by atoms with Crippen LogP contribution in [0, 0.1) is 6.92 Å². The van der Waals surface area contributed by atoms with Crippen molar-refractivity contribution in [3.63, 3.8) is 0 Å². The van der Waals surface area contributed by atoms with Crippen molar-refractivity contribution in [3.05, 3.63) is 87.1 Å². The molecule has 8 heteroatoms. The molecule has 6 nitrogen and oxygen atoms in total. The van der Waals surface area contributed by atoms with Crippen LogP contribution in [-0.4, -0.2) is 48.0 Å². The number of carbonyl (C=O) groups is 2. The Hall–Kier alpha value is -2.87. The molecule has 3 amide bonds. The van der Waals surface area contributed by atoms with Crippen molar-refractivity contribution in [1.29, 1.82) is 0 Å². The fourth-order valence-electron chi connectivity index (χ4n) is 3.52. The van der Waals surface area contributed by atoms with E-state index in [4.69, 9.17) is 16.3 Å². The Balaban J connectivity index is 1.74. The van der Waals surface area contributed by atoms with Crippen LogP contribution in [0.5, 0.6) is 0 Å². The van der Waals surface area contributed by atoms with Crippen molar-refractivity contribution < 1.29 is 14.3 Å². The van der Waals surface area contributed by atoms with Gasteiger partial charge in [-0.3, -0.25) is 4.79 Å². The molecule has 186 valence electrons. The maximum Gasteiger partial charge on any atom is 0.322 e. The Labute approximate surface area is 216 Å². The van der Waals surface area contributed by atoms with Gasteiger partial charge in [0.15, 0.2) is 0 Å². The number of urea groups is 1. The van der Waals surface area contributed by atoms with Crippen LogP contribution in [0.25, 0.3) is 0 Å². The maximum atomic E-state index is 13.5. The second-order valence-corrected chi connectivity index (χ2v) is 9.62. The summed E-state index contributed by atoms with van der Waals surface area (Å²) in [6.07, 6.45) is 0.632. The van der Waals surface area contributed by atoms with Gasteiger partial charge in [0, 0.05) is 41.9 Å². The van der Waals surface area contributed by atoms with E-state index < -0.39 is 0 Å². The predicted molar refractivity (Wildman–Crippen MR) is 143 cm³/mol. The third-order valence-corrected chi connectivity index (χ3v) is 6.72. The number of hydrogen-bond acceptors (Lipinski definition) is 4. The Morgan fingerprint density at radius 1 is 1.03 bits per heavy atom. The number of nitrogens with zero attached hydrogens (tertiary/aromatic N) is 2. The molecule has 0 aliphatic carbocycles. The normalized spacial score (nSPS) is 10.7. The number of carbonyl (C=O) groups excluding carboxylic acids is 2. The molecule has 0 aliphatic heterocycles. The molecule has 0 radical (unpaired) electrons. The van der Waals surface area contributed by atoms with Crippen LogP contribution in [0.4, 0.5) is 10.5 Å². The number of anilines is 1. The van der Waals surface area contributed by atoms with Gasteiger partial charge in [-0.2, -0.15) is 0 Å². The lowest BCUT2D eigenvalue weighted by Gasteiger charge is -2.28. The molecule has 1 heterocycles. The van der Waals surface area contributed by atoms with Crippen molar-refractivity contribution in [2.75, 3.05) is 31.6 Å². The zero-order valence-corrected chi connectivity index (χ0v) is 21.8. The second kappa shape index (κ2) is 13.9. The number of thiophene rings is 1. The van der Waals surface area contributed by atoms with Crippen molar-refractivity contribution in [2.45, 2.75) is 33.4 Å². The van der Waals surface area contributed by atoms with Crippen LogP contribution in [0.1, 0.15) is 29.3 Å². The van der Waals surface area contributed by atoms with E-state index in [9.17, 15) is 9.59 Å². The summed E-state index contributed by atoms with van der Waals surface area (Å²) in [7, 11) is 0. The zero-order chi connectivity index (χ0) is 25.0. The lowest BCUT2D eigenvalue weighted by atomic mass is 10.2. The summed E-state index contributed by atoms with van der Waals surface area (Å²) in [5, 5.41) is 5.46. The average molecular weight is 514 g/mol. The van der Waals surface area contributed by atoms with Gasteiger partial charge < -0.3 is 19.9 Å². The van der Waals surface area contributed by atoms with Crippen molar-refractivity contribution in [3.8, 4) is 0 Å². The van der Waals surface area contributed by atoms with Gasteiger partial charge in [0.25, 0.3) is 0 Å². The molecular weight excluding hydrogens is 482 g/mol. The molecule has 0 aliphatic rings. The minimum absolute atomic E-state index is 0.0320. The number of benzene rings is 2. The Morgan fingerprint density at radius 2 is 1.83 bits per heavy atom. The molecule has 1 aromatic heterocycles. The monoisotopic (exact) mass is 513 g/mol. The molecule has 0 spiro atoms. The first kappa shape index (κ1) is 26.7. The van der Waals surface area contributed by atoms with Crippen LogP contribution in [0.3, 0.4) is 0 Å². The molecule has 1 N–H and O–H groups in total. The number of amides is 3. The molecule has 0 saturated carbocycles. The quantitative estimate of drug-likeness (QED) is 0.293. The molecule has 35 heavy (non-hydrogen) atoms. The summed E-state index contributed by atoms with van der Waals surface area (Å²) < 4.78 is 5.44. The molecular formula is C27H32ClN3O3S. The first-order valence-corrected chi connectivity index (χ1v) is 13.0.